The molecule has 0 spiro atoms. The number of hydrogen-bond donors (Lipinski definition) is 2. The molecule has 0 aromatic carbocycles. The molecule has 0 radical (unpaired) electrons. The second kappa shape index (κ2) is 8.64. The zero-order valence-electron chi connectivity index (χ0n) is 9.82. The van der Waals surface area contributed by atoms with E-state index in [2.05, 4.69) is 5.32 Å². The molecule has 0 aromatic heterocycles. The fourth-order valence-electron chi connectivity index (χ4n) is 1.05. The van der Waals surface area contributed by atoms with Crippen LogP contribution in [0.4, 0.5) is 0 Å². The summed E-state index contributed by atoms with van der Waals surface area (Å²) in [6.07, 6.45) is 0.137. The summed E-state index contributed by atoms with van der Waals surface area (Å²) in [7, 11) is 3.32. The van der Waals surface area contributed by atoms with Crippen molar-refractivity contribution in [2.24, 2.45) is 0 Å². The Balaban J connectivity index is 3.42. The number of ether oxygens (including phenoxy) is 1. The van der Waals surface area contributed by atoms with Crippen molar-refractivity contribution < 1.29 is 14.6 Å². The number of nitrogens with zero attached hydrogens (tertiary/aromatic N) is 1. The average Bonchev–Trinajstić information content (AvgIpc) is 2.23. The lowest BCUT2D eigenvalue weighted by atomic mass is 10.2. The Kier molecular flexibility index (Phi) is 8.27. The smallest absolute Gasteiger partial charge is 0.236 e. The molecule has 2 N–H and O–H groups in total. The Morgan fingerprint density at radius 1 is 1.60 bits per heavy atom. The van der Waals surface area contributed by atoms with Crippen LogP contribution in [0.1, 0.15) is 13.3 Å². The first-order chi connectivity index (χ1) is 7.11. The molecule has 0 saturated heterocycles. The van der Waals surface area contributed by atoms with Gasteiger partial charge in [-0.25, -0.2) is 0 Å². The van der Waals surface area contributed by atoms with Gasteiger partial charge in [0.25, 0.3) is 0 Å². The lowest BCUT2D eigenvalue weighted by molar-refractivity contribution is -0.128. The third-order valence-electron chi connectivity index (χ3n) is 2.19. The SMILES string of the molecule is CCN(C)C(=O)CNCCC(O)COC. The van der Waals surface area contributed by atoms with Gasteiger partial charge in [0.1, 0.15) is 0 Å². The van der Waals surface area contributed by atoms with E-state index in [1.807, 2.05) is 6.92 Å². The third-order valence-corrected chi connectivity index (χ3v) is 2.19. The van der Waals surface area contributed by atoms with Gasteiger partial charge in [-0.05, 0) is 19.9 Å². The van der Waals surface area contributed by atoms with E-state index in [-0.39, 0.29) is 5.91 Å². The van der Waals surface area contributed by atoms with E-state index in [0.717, 1.165) is 0 Å². The quantitative estimate of drug-likeness (QED) is 0.537. The summed E-state index contributed by atoms with van der Waals surface area (Å²) < 4.78 is 4.78. The van der Waals surface area contributed by atoms with Crippen LogP contribution in [0.5, 0.6) is 0 Å². The number of hydrogen-bond acceptors (Lipinski definition) is 4. The van der Waals surface area contributed by atoms with Crippen molar-refractivity contribution in [3.63, 3.8) is 0 Å². The lowest BCUT2D eigenvalue weighted by Crippen LogP contribution is -2.36. The van der Waals surface area contributed by atoms with Gasteiger partial charge >= 0.3 is 0 Å². The molecule has 0 fully saturated rings. The number of aliphatic hydroxyl groups is 1. The minimum atomic E-state index is -0.457. The molecule has 0 aliphatic heterocycles. The van der Waals surface area contributed by atoms with Gasteiger partial charge in [-0.15, -0.1) is 0 Å². The van der Waals surface area contributed by atoms with Crippen LogP contribution in [0.3, 0.4) is 0 Å². The summed E-state index contributed by atoms with van der Waals surface area (Å²) in [5.74, 6) is 0.0683. The summed E-state index contributed by atoms with van der Waals surface area (Å²) in [6, 6.07) is 0. The maximum atomic E-state index is 11.3. The molecule has 90 valence electrons. The van der Waals surface area contributed by atoms with E-state index >= 15 is 0 Å². The van der Waals surface area contributed by atoms with Gasteiger partial charge in [0, 0.05) is 20.7 Å². The zero-order chi connectivity index (χ0) is 11.7. The summed E-state index contributed by atoms with van der Waals surface area (Å²) >= 11 is 0. The highest BCUT2D eigenvalue weighted by molar-refractivity contribution is 5.77. The van der Waals surface area contributed by atoms with Crippen molar-refractivity contribution in [3.8, 4) is 0 Å². The van der Waals surface area contributed by atoms with Crippen molar-refractivity contribution in [2.75, 3.05) is 40.4 Å². The van der Waals surface area contributed by atoms with E-state index in [4.69, 9.17) is 4.74 Å². The van der Waals surface area contributed by atoms with Crippen LogP contribution in [0.2, 0.25) is 0 Å². The second-order valence-electron chi connectivity index (χ2n) is 3.48. The number of methoxy groups -OCH3 is 1. The predicted octanol–water partition coefficient (Wildman–Crippen LogP) is -0.548. The second-order valence-corrected chi connectivity index (χ2v) is 3.48. The molecule has 0 aromatic rings. The Morgan fingerprint density at radius 3 is 2.80 bits per heavy atom. The highest BCUT2D eigenvalue weighted by Gasteiger charge is 2.06. The topological polar surface area (TPSA) is 61.8 Å². The lowest BCUT2D eigenvalue weighted by Gasteiger charge is -2.15. The third kappa shape index (κ3) is 7.30. The van der Waals surface area contributed by atoms with E-state index in [9.17, 15) is 9.90 Å². The van der Waals surface area contributed by atoms with Crippen molar-refractivity contribution in [1.29, 1.82) is 0 Å². The fourth-order valence-corrected chi connectivity index (χ4v) is 1.05. The molecule has 0 saturated carbocycles. The van der Waals surface area contributed by atoms with Gasteiger partial charge < -0.3 is 20.1 Å². The molecule has 0 rings (SSSR count). The van der Waals surface area contributed by atoms with Crippen LogP contribution in [0, 0.1) is 0 Å². The first kappa shape index (κ1) is 14.3. The normalized spacial score (nSPS) is 12.5. The Bertz CT molecular complexity index is 176. The van der Waals surface area contributed by atoms with Crippen molar-refractivity contribution in [1.82, 2.24) is 10.2 Å². The molecular formula is C10H22N2O3. The Labute approximate surface area is 91.4 Å². The fraction of sp³-hybridized carbons (Fsp3) is 0.900. The standard InChI is InChI=1S/C10H22N2O3/c1-4-12(2)10(14)7-11-6-5-9(13)8-15-3/h9,11,13H,4-8H2,1-3H3. The molecule has 0 aliphatic rings. The Hall–Kier alpha value is -0.650. The largest absolute Gasteiger partial charge is 0.391 e. The summed E-state index contributed by atoms with van der Waals surface area (Å²) in [4.78, 5) is 13.0. The van der Waals surface area contributed by atoms with Crippen molar-refractivity contribution in [3.05, 3.63) is 0 Å². The maximum absolute atomic E-state index is 11.3. The average molecular weight is 218 g/mol. The van der Waals surface area contributed by atoms with Gasteiger partial charge in [-0.3, -0.25) is 4.79 Å². The number of carbonyl (C=O) groups excluding carboxylic acids is 1. The molecule has 5 nitrogen and oxygen atoms in total. The molecule has 15 heavy (non-hydrogen) atoms. The van der Waals surface area contributed by atoms with Crippen molar-refractivity contribution >= 4 is 5.91 Å². The van der Waals surface area contributed by atoms with Gasteiger partial charge in [-0.1, -0.05) is 0 Å². The van der Waals surface area contributed by atoms with Gasteiger partial charge in [0.2, 0.25) is 5.91 Å². The zero-order valence-corrected chi connectivity index (χ0v) is 9.82. The molecule has 1 amide bonds. The minimum Gasteiger partial charge on any atom is -0.391 e. The molecule has 0 heterocycles. The summed E-state index contributed by atoms with van der Waals surface area (Å²) in [5, 5.41) is 12.3. The van der Waals surface area contributed by atoms with Crippen LogP contribution in [0.25, 0.3) is 0 Å². The van der Waals surface area contributed by atoms with E-state index < -0.39 is 6.10 Å². The maximum Gasteiger partial charge on any atom is 0.236 e. The van der Waals surface area contributed by atoms with Crippen molar-refractivity contribution in [2.45, 2.75) is 19.4 Å². The van der Waals surface area contributed by atoms with Crippen LogP contribution in [-0.4, -0.2) is 62.4 Å². The number of carbonyl (C=O) groups is 1. The van der Waals surface area contributed by atoms with Crippen LogP contribution < -0.4 is 5.32 Å². The molecular weight excluding hydrogens is 196 g/mol. The van der Waals surface area contributed by atoms with E-state index in [0.29, 0.717) is 32.7 Å². The highest BCUT2D eigenvalue weighted by Crippen LogP contribution is 1.90. The van der Waals surface area contributed by atoms with Crippen LogP contribution in [0.15, 0.2) is 0 Å². The number of likely N-dealkylation sites (N-methyl/N-ethyl adjacent to an activating group) is 1. The first-order valence-electron chi connectivity index (χ1n) is 5.23. The summed E-state index contributed by atoms with van der Waals surface area (Å²) in [5.41, 5.74) is 0. The minimum absolute atomic E-state index is 0.0683. The number of nitrogens with one attached hydrogen (secondary N) is 1. The number of rotatable bonds is 8. The first-order valence-corrected chi connectivity index (χ1v) is 5.23. The molecule has 1 atom stereocenters. The van der Waals surface area contributed by atoms with E-state index in [1.165, 1.54) is 0 Å². The number of amides is 1. The predicted molar refractivity (Wildman–Crippen MR) is 58.7 cm³/mol. The van der Waals surface area contributed by atoms with Gasteiger partial charge in [0.15, 0.2) is 0 Å². The molecule has 0 bridgehead atoms. The molecule has 0 aliphatic carbocycles. The van der Waals surface area contributed by atoms with Crippen LogP contribution >= 0.6 is 0 Å². The summed E-state index contributed by atoms with van der Waals surface area (Å²) in [6.45, 7) is 3.93. The van der Waals surface area contributed by atoms with Gasteiger partial charge in [0.05, 0.1) is 19.3 Å². The van der Waals surface area contributed by atoms with Gasteiger partial charge in [-0.2, -0.15) is 0 Å². The Morgan fingerprint density at radius 2 is 2.27 bits per heavy atom. The monoisotopic (exact) mass is 218 g/mol. The molecule has 1 unspecified atom stereocenters. The van der Waals surface area contributed by atoms with Crippen LogP contribution in [-0.2, 0) is 9.53 Å². The highest BCUT2D eigenvalue weighted by atomic mass is 16.5. The molecule has 5 heteroatoms. The van der Waals surface area contributed by atoms with E-state index in [1.54, 1.807) is 19.1 Å². The number of aliphatic hydroxyl groups excluding tert-OH is 1.